The number of fused-ring (bicyclic) bond motifs is 1. The Morgan fingerprint density at radius 2 is 2.22 bits per heavy atom. The van der Waals surface area contributed by atoms with Crippen molar-refractivity contribution in [2.75, 3.05) is 20.2 Å². The Balaban J connectivity index is 2.58. The van der Waals surface area contributed by atoms with E-state index >= 15 is 0 Å². The molecule has 2 saturated heterocycles. The molecule has 8 heteroatoms. The van der Waals surface area contributed by atoms with Crippen molar-refractivity contribution >= 4 is 15.9 Å². The van der Waals surface area contributed by atoms with Gasteiger partial charge >= 0.3 is 5.95 Å². The molecule has 0 saturated carbocycles. The second kappa shape index (κ2) is 4.34. The Morgan fingerprint density at radius 1 is 1.56 bits per heavy atom. The van der Waals surface area contributed by atoms with Crippen LogP contribution >= 0.6 is 0 Å². The average molecular weight is 276 g/mol. The number of aliphatic hydroxyl groups excluding tert-OH is 1. The smallest absolute Gasteiger partial charge is 0.307 e. The fraction of sp³-hybridized carbons (Fsp3) is 0.700. The maximum absolute atomic E-state index is 12.3. The lowest BCUT2D eigenvalue weighted by molar-refractivity contribution is -0.129. The molecule has 1 unspecified atom stereocenters. The molecule has 0 aromatic heterocycles. The van der Waals surface area contributed by atoms with Crippen LogP contribution in [-0.2, 0) is 19.6 Å². The molecule has 2 aliphatic heterocycles. The van der Waals surface area contributed by atoms with Gasteiger partial charge in [0.15, 0.2) is 11.1 Å². The molecule has 0 bridgehead atoms. The SMILES string of the molecule is CCN1C(=C(O)OC)C(=O)N2CCCC2S1(=O)=O. The molecule has 0 aromatic carbocycles. The molecular formula is C10H16N2O5S. The van der Waals surface area contributed by atoms with Crippen molar-refractivity contribution in [1.82, 2.24) is 9.21 Å². The van der Waals surface area contributed by atoms with Crippen LogP contribution in [0.2, 0.25) is 0 Å². The third-order valence-electron chi connectivity index (χ3n) is 3.24. The van der Waals surface area contributed by atoms with E-state index in [1.165, 1.54) is 12.0 Å². The fourth-order valence-corrected chi connectivity index (χ4v) is 4.48. The first-order valence-electron chi connectivity index (χ1n) is 5.74. The van der Waals surface area contributed by atoms with Gasteiger partial charge in [-0.05, 0) is 19.8 Å². The van der Waals surface area contributed by atoms with E-state index in [-0.39, 0.29) is 12.2 Å². The number of methoxy groups -OCH3 is 1. The normalized spacial score (nSPS) is 29.2. The molecule has 2 fully saturated rings. The van der Waals surface area contributed by atoms with Crippen molar-refractivity contribution in [2.45, 2.75) is 25.1 Å². The summed E-state index contributed by atoms with van der Waals surface area (Å²) in [6, 6.07) is 0. The zero-order valence-corrected chi connectivity index (χ0v) is 11.1. The summed E-state index contributed by atoms with van der Waals surface area (Å²) in [5.41, 5.74) is -0.293. The van der Waals surface area contributed by atoms with Gasteiger partial charge in [0.2, 0.25) is 0 Å². The van der Waals surface area contributed by atoms with Crippen molar-refractivity contribution in [3.05, 3.63) is 11.6 Å². The number of sulfonamides is 1. The van der Waals surface area contributed by atoms with Gasteiger partial charge in [-0.15, -0.1) is 0 Å². The van der Waals surface area contributed by atoms with E-state index in [1.807, 2.05) is 0 Å². The van der Waals surface area contributed by atoms with Crippen LogP contribution in [0.3, 0.4) is 0 Å². The van der Waals surface area contributed by atoms with Crippen LogP contribution in [0.1, 0.15) is 19.8 Å². The lowest BCUT2D eigenvalue weighted by atomic mass is 10.3. The lowest BCUT2D eigenvalue weighted by Gasteiger charge is -2.38. The largest absolute Gasteiger partial charge is 0.479 e. The molecule has 0 aromatic rings. The summed E-state index contributed by atoms with van der Waals surface area (Å²) in [6.07, 6.45) is 1.08. The molecule has 18 heavy (non-hydrogen) atoms. The third kappa shape index (κ3) is 1.63. The van der Waals surface area contributed by atoms with Crippen molar-refractivity contribution in [3.8, 4) is 0 Å². The highest BCUT2D eigenvalue weighted by Crippen LogP contribution is 2.34. The number of hydrogen-bond donors (Lipinski definition) is 1. The van der Waals surface area contributed by atoms with E-state index in [4.69, 9.17) is 0 Å². The summed E-state index contributed by atoms with van der Waals surface area (Å²) in [7, 11) is -2.46. The molecule has 0 spiro atoms. The minimum Gasteiger partial charge on any atom is -0.479 e. The van der Waals surface area contributed by atoms with E-state index in [1.54, 1.807) is 6.92 Å². The van der Waals surface area contributed by atoms with Crippen molar-refractivity contribution in [1.29, 1.82) is 0 Å². The first kappa shape index (κ1) is 13.0. The average Bonchev–Trinajstić information content (AvgIpc) is 2.82. The maximum Gasteiger partial charge on any atom is 0.307 e. The number of likely N-dealkylation sites (N-methyl/N-ethyl adjacent to an activating group) is 1. The summed E-state index contributed by atoms with van der Waals surface area (Å²) < 4.78 is 30.2. The molecule has 1 N–H and O–H groups in total. The summed E-state index contributed by atoms with van der Waals surface area (Å²) in [5.74, 6) is -1.15. The molecule has 102 valence electrons. The lowest BCUT2D eigenvalue weighted by Crippen LogP contribution is -2.55. The van der Waals surface area contributed by atoms with E-state index in [0.717, 1.165) is 4.31 Å². The van der Waals surface area contributed by atoms with Crippen molar-refractivity contribution in [2.24, 2.45) is 0 Å². The highest BCUT2D eigenvalue weighted by Gasteiger charge is 2.50. The number of amides is 1. The van der Waals surface area contributed by atoms with E-state index in [9.17, 15) is 18.3 Å². The zero-order valence-electron chi connectivity index (χ0n) is 10.3. The highest BCUT2D eigenvalue weighted by molar-refractivity contribution is 7.90. The van der Waals surface area contributed by atoms with Gasteiger partial charge in [-0.1, -0.05) is 0 Å². The minimum absolute atomic E-state index is 0.0845. The van der Waals surface area contributed by atoms with Gasteiger partial charge in [-0.2, -0.15) is 0 Å². The molecule has 1 atom stereocenters. The molecular weight excluding hydrogens is 260 g/mol. The Labute approximate surface area is 106 Å². The van der Waals surface area contributed by atoms with Crippen LogP contribution in [0.25, 0.3) is 0 Å². The van der Waals surface area contributed by atoms with Gasteiger partial charge in [-0.3, -0.25) is 9.10 Å². The van der Waals surface area contributed by atoms with Gasteiger partial charge in [0.05, 0.1) is 7.11 Å². The number of rotatable bonds is 2. The molecule has 1 amide bonds. The minimum atomic E-state index is -3.65. The monoisotopic (exact) mass is 276 g/mol. The maximum atomic E-state index is 12.3. The Morgan fingerprint density at radius 3 is 2.78 bits per heavy atom. The van der Waals surface area contributed by atoms with Crippen LogP contribution in [0, 0.1) is 0 Å². The number of aliphatic hydroxyl groups is 1. The molecule has 2 rings (SSSR count). The third-order valence-corrected chi connectivity index (χ3v) is 5.48. The van der Waals surface area contributed by atoms with Crippen LogP contribution in [0.4, 0.5) is 0 Å². The van der Waals surface area contributed by atoms with E-state index in [0.29, 0.717) is 19.4 Å². The van der Waals surface area contributed by atoms with Gasteiger partial charge in [0.25, 0.3) is 15.9 Å². The molecule has 2 aliphatic rings. The van der Waals surface area contributed by atoms with Crippen LogP contribution in [0.5, 0.6) is 0 Å². The van der Waals surface area contributed by atoms with Gasteiger partial charge in [0.1, 0.15) is 0 Å². The number of nitrogens with zero attached hydrogens (tertiary/aromatic N) is 2. The zero-order chi connectivity index (χ0) is 13.5. The standard InChI is InChI=1S/C10H16N2O5S/c1-3-12-8(10(14)17-2)9(13)11-6-4-5-7(11)18(12,15)16/h7,14H,3-6H2,1-2H3. The number of carbonyl (C=O) groups is 1. The Kier molecular flexibility index (Phi) is 3.14. The number of carbonyl (C=O) groups excluding carboxylic acids is 1. The second-order valence-corrected chi connectivity index (χ2v) is 6.18. The second-order valence-electron chi connectivity index (χ2n) is 4.16. The van der Waals surface area contributed by atoms with Crippen LogP contribution in [0.15, 0.2) is 11.6 Å². The Hall–Kier alpha value is -1.44. The summed E-state index contributed by atoms with van der Waals surface area (Å²) >= 11 is 0. The topological polar surface area (TPSA) is 87.2 Å². The number of ether oxygens (including phenoxy) is 1. The first-order valence-corrected chi connectivity index (χ1v) is 7.25. The Bertz CT molecular complexity index is 498. The van der Waals surface area contributed by atoms with E-state index < -0.39 is 27.2 Å². The predicted octanol–water partition coefficient (Wildman–Crippen LogP) is -0.0263. The van der Waals surface area contributed by atoms with Gasteiger partial charge in [0, 0.05) is 13.1 Å². The first-order chi connectivity index (χ1) is 8.45. The summed E-state index contributed by atoms with van der Waals surface area (Å²) in [6.45, 7) is 2.08. The molecule has 2 heterocycles. The fourth-order valence-electron chi connectivity index (χ4n) is 2.43. The summed E-state index contributed by atoms with van der Waals surface area (Å²) in [5, 5.41) is 8.80. The quantitative estimate of drug-likeness (QED) is 0.565. The van der Waals surface area contributed by atoms with Crippen LogP contribution < -0.4 is 0 Å². The molecule has 7 nitrogen and oxygen atoms in total. The van der Waals surface area contributed by atoms with Crippen molar-refractivity contribution in [3.63, 3.8) is 0 Å². The van der Waals surface area contributed by atoms with Crippen LogP contribution in [-0.4, -0.2) is 54.2 Å². The van der Waals surface area contributed by atoms with E-state index in [2.05, 4.69) is 4.74 Å². The predicted molar refractivity (Wildman–Crippen MR) is 62.7 cm³/mol. The molecule has 0 radical (unpaired) electrons. The number of hydrogen-bond acceptors (Lipinski definition) is 5. The van der Waals surface area contributed by atoms with Gasteiger partial charge in [-0.25, -0.2) is 8.42 Å². The molecule has 0 aliphatic carbocycles. The highest BCUT2D eigenvalue weighted by atomic mass is 32.2. The summed E-state index contributed by atoms with van der Waals surface area (Å²) in [4.78, 5) is 13.5. The van der Waals surface area contributed by atoms with Crippen molar-refractivity contribution < 1.29 is 23.1 Å². The van der Waals surface area contributed by atoms with Gasteiger partial charge < -0.3 is 14.7 Å².